The first kappa shape index (κ1) is 14.3. The molecule has 96 valence electrons. The quantitative estimate of drug-likeness (QED) is 0.573. The summed E-state index contributed by atoms with van der Waals surface area (Å²) < 4.78 is 10.7. The molecule has 0 amide bonds. The molecule has 0 unspecified atom stereocenters. The summed E-state index contributed by atoms with van der Waals surface area (Å²) in [6, 6.07) is 5.67. The van der Waals surface area contributed by atoms with Crippen LogP contribution in [-0.4, -0.2) is 19.9 Å². The zero-order chi connectivity index (χ0) is 12.5. The maximum atomic E-state index is 6.16. The number of halogens is 1. The molecule has 0 fully saturated rings. The Balaban J connectivity index is 2.63. The number of nitrogens with one attached hydrogen (secondary N) is 1. The monoisotopic (exact) mass is 257 g/mol. The van der Waals surface area contributed by atoms with Gasteiger partial charge in [0.15, 0.2) is 6.79 Å². The van der Waals surface area contributed by atoms with Crippen molar-refractivity contribution >= 4 is 11.6 Å². The molecule has 4 heteroatoms. The van der Waals surface area contributed by atoms with Crippen molar-refractivity contribution in [1.82, 2.24) is 5.32 Å². The number of ether oxygens (including phenoxy) is 2. The van der Waals surface area contributed by atoms with Gasteiger partial charge in [0, 0.05) is 23.7 Å². The van der Waals surface area contributed by atoms with Crippen molar-refractivity contribution in [2.75, 3.05) is 19.9 Å². The molecule has 0 saturated carbocycles. The third-order valence-electron chi connectivity index (χ3n) is 2.31. The fourth-order valence-corrected chi connectivity index (χ4v) is 1.66. The molecule has 1 rings (SSSR count). The second-order valence-corrected chi connectivity index (χ2v) is 4.06. The highest BCUT2D eigenvalue weighted by molar-refractivity contribution is 6.31. The summed E-state index contributed by atoms with van der Waals surface area (Å²) in [6.07, 6.45) is 1.10. The summed E-state index contributed by atoms with van der Waals surface area (Å²) >= 11 is 6.16. The van der Waals surface area contributed by atoms with Crippen molar-refractivity contribution in [1.29, 1.82) is 0 Å². The molecule has 1 N–H and O–H groups in total. The Bertz CT molecular complexity index is 331. The largest absolute Gasteiger partial charge is 0.467 e. The molecule has 0 spiro atoms. The van der Waals surface area contributed by atoms with Crippen molar-refractivity contribution in [2.24, 2.45) is 0 Å². The van der Waals surface area contributed by atoms with Gasteiger partial charge in [-0.25, -0.2) is 0 Å². The first-order valence-corrected chi connectivity index (χ1v) is 6.36. The van der Waals surface area contributed by atoms with Crippen LogP contribution in [-0.2, 0) is 11.3 Å². The Morgan fingerprint density at radius 2 is 2.12 bits per heavy atom. The van der Waals surface area contributed by atoms with Gasteiger partial charge in [-0.15, -0.1) is 0 Å². The zero-order valence-electron chi connectivity index (χ0n) is 10.5. The SMILES string of the molecule is CCCNCc1c(Cl)cccc1OCOCC. The highest BCUT2D eigenvalue weighted by Gasteiger charge is 2.07. The summed E-state index contributed by atoms with van der Waals surface area (Å²) in [6.45, 7) is 6.66. The molecular formula is C13H20ClNO2. The van der Waals surface area contributed by atoms with Crippen molar-refractivity contribution in [3.8, 4) is 5.75 Å². The van der Waals surface area contributed by atoms with E-state index in [4.69, 9.17) is 21.1 Å². The Kier molecular flexibility index (Phi) is 7.01. The fourth-order valence-electron chi connectivity index (χ4n) is 1.42. The molecule has 0 atom stereocenters. The molecular weight excluding hydrogens is 238 g/mol. The van der Waals surface area contributed by atoms with Crippen LogP contribution in [0.25, 0.3) is 0 Å². The molecule has 1 aromatic carbocycles. The lowest BCUT2D eigenvalue weighted by Gasteiger charge is -2.13. The van der Waals surface area contributed by atoms with E-state index in [2.05, 4.69) is 12.2 Å². The van der Waals surface area contributed by atoms with E-state index in [1.165, 1.54) is 0 Å². The molecule has 0 aliphatic rings. The van der Waals surface area contributed by atoms with Gasteiger partial charge in [0.05, 0.1) is 0 Å². The summed E-state index contributed by atoms with van der Waals surface area (Å²) in [4.78, 5) is 0. The summed E-state index contributed by atoms with van der Waals surface area (Å²) in [5.41, 5.74) is 0.988. The van der Waals surface area contributed by atoms with Crippen LogP contribution in [0.4, 0.5) is 0 Å². The van der Waals surface area contributed by atoms with E-state index in [1.807, 2.05) is 25.1 Å². The Labute approximate surface area is 108 Å². The molecule has 0 aromatic heterocycles. The lowest BCUT2D eigenvalue weighted by Crippen LogP contribution is -2.15. The Morgan fingerprint density at radius 3 is 2.82 bits per heavy atom. The minimum absolute atomic E-state index is 0.262. The van der Waals surface area contributed by atoms with Gasteiger partial charge in [-0.2, -0.15) is 0 Å². The van der Waals surface area contributed by atoms with E-state index in [-0.39, 0.29) is 6.79 Å². The van der Waals surface area contributed by atoms with E-state index in [0.29, 0.717) is 6.61 Å². The summed E-state index contributed by atoms with van der Waals surface area (Å²) in [7, 11) is 0. The van der Waals surface area contributed by atoms with Crippen LogP contribution in [0.15, 0.2) is 18.2 Å². The summed E-state index contributed by atoms with van der Waals surface area (Å²) in [5, 5.41) is 4.04. The maximum Gasteiger partial charge on any atom is 0.189 e. The predicted molar refractivity (Wildman–Crippen MR) is 70.6 cm³/mol. The second kappa shape index (κ2) is 8.34. The van der Waals surface area contributed by atoms with Gasteiger partial charge in [-0.1, -0.05) is 24.6 Å². The number of hydrogen-bond donors (Lipinski definition) is 1. The van der Waals surface area contributed by atoms with E-state index < -0.39 is 0 Å². The topological polar surface area (TPSA) is 30.5 Å². The van der Waals surface area contributed by atoms with Crippen LogP contribution in [0.3, 0.4) is 0 Å². The van der Waals surface area contributed by atoms with E-state index in [9.17, 15) is 0 Å². The molecule has 0 saturated heterocycles. The van der Waals surface area contributed by atoms with Crippen molar-refractivity contribution in [3.05, 3.63) is 28.8 Å². The standard InChI is InChI=1S/C13H20ClNO2/c1-3-8-15-9-11-12(14)6-5-7-13(11)17-10-16-4-2/h5-7,15H,3-4,8-10H2,1-2H3. The van der Waals surface area contributed by atoms with Crippen LogP contribution in [0, 0.1) is 0 Å². The molecule has 0 radical (unpaired) electrons. The van der Waals surface area contributed by atoms with Crippen LogP contribution in [0.1, 0.15) is 25.8 Å². The molecule has 0 aliphatic heterocycles. The van der Waals surface area contributed by atoms with Crippen molar-refractivity contribution in [3.63, 3.8) is 0 Å². The molecule has 1 aromatic rings. The number of benzene rings is 1. The second-order valence-electron chi connectivity index (χ2n) is 3.65. The van der Waals surface area contributed by atoms with Gasteiger partial charge in [-0.05, 0) is 32.0 Å². The first-order valence-electron chi connectivity index (χ1n) is 5.98. The lowest BCUT2D eigenvalue weighted by atomic mass is 10.2. The minimum atomic E-state index is 0.262. The van der Waals surface area contributed by atoms with Gasteiger partial charge in [-0.3, -0.25) is 0 Å². The van der Waals surface area contributed by atoms with E-state index in [1.54, 1.807) is 0 Å². The van der Waals surface area contributed by atoms with Gasteiger partial charge >= 0.3 is 0 Å². The molecule has 17 heavy (non-hydrogen) atoms. The van der Waals surface area contributed by atoms with Crippen molar-refractivity contribution in [2.45, 2.75) is 26.8 Å². The van der Waals surface area contributed by atoms with Gasteiger partial charge < -0.3 is 14.8 Å². The zero-order valence-corrected chi connectivity index (χ0v) is 11.2. The summed E-state index contributed by atoms with van der Waals surface area (Å²) in [5.74, 6) is 0.787. The molecule has 0 aliphatic carbocycles. The van der Waals surface area contributed by atoms with E-state index >= 15 is 0 Å². The average molecular weight is 258 g/mol. The highest BCUT2D eigenvalue weighted by atomic mass is 35.5. The smallest absolute Gasteiger partial charge is 0.189 e. The maximum absolute atomic E-state index is 6.16. The lowest BCUT2D eigenvalue weighted by molar-refractivity contribution is 0.0218. The normalized spacial score (nSPS) is 10.5. The Morgan fingerprint density at radius 1 is 1.29 bits per heavy atom. The van der Waals surface area contributed by atoms with Crippen LogP contribution in [0.2, 0.25) is 5.02 Å². The van der Waals surface area contributed by atoms with Crippen LogP contribution in [0.5, 0.6) is 5.75 Å². The third-order valence-corrected chi connectivity index (χ3v) is 2.66. The predicted octanol–water partition coefficient (Wildman–Crippen LogP) is 3.21. The minimum Gasteiger partial charge on any atom is -0.467 e. The fraction of sp³-hybridized carbons (Fsp3) is 0.538. The van der Waals surface area contributed by atoms with Gasteiger partial charge in [0.2, 0.25) is 0 Å². The molecule has 3 nitrogen and oxygen atoms in total. The third kappa shape index (κ3) is 4.94. The van der Waals surface area contributed by atoms with Crippen LogP contribution >= 0.6 is 11.6 Å². The highest BCUT2D eigenvalue weighted by Crippen LogP contribution is 2.26. The van der Waals surface area contributed by atoms with E-state index in [0.717, 1.165) is 35.8 Å². The van der Waals surface area contributed by atoms with Gasteiger partial charge in [0.1, 0.15) is 5.75 Å². The number of hydrogen-bond acceptors (Lipinski definition) is 3. The molecule has 0 bridgehead atoms. The molecule has 0 heterocycles. The Hall–Kier alpha value is -0.770. The first-order chi connectivity index (χ1) is 8.29. The average Bonchev–Trinajstić information content (AvgIpc) is 2.33. The van der Waals surface area contributed by atoms with Gasteiger partial charge in [0.25, 0.3) is 0 Å². The van der Waals surface area contributed by atoms with Crippen molar-refractivity contribution < 1.29 is 9.47 Å². The number of rotatable bonds is 8. The van der Waals surface area contributed by atoms with Crippen LogP contribution < -0.4 is 10.1 Å².